The molecule has 0 spiro atoms. The number of likely N-dealkylation sites (N-methyl/N-ethyl adjacent to an activating group) is 1. The fourth-order valence-electron chi connectivity index (χ4n) is 3.70. The molecule has 0 bridgehead atoms. The molecule has 2 aromatic rings. The van der Waals surface area contributed by atoms with E-state index >= 15 is 0 Å². The van der Waals surface area contributed by atoms with Gasteiger partial charge in [-0.25, -0.2) is 0 Å². The molecule has 0 saturated heterocycles. The van der Waals surface area contributed by atoms with Crippen molar-refractivity contribution in [1.29, 1.82) is 0 Å². The van der Waals surface area contributed by atoms with Crippen molar-refractivity contribution in [1.82, 2.24) is 4.90 Å². The molecule has 0 unspecified atom stereocenters. The minimum atomic E-state index is 0.355. The molecule has 0 saturated carbocycles. The van der Waals surface area contributed by atoms with Crippen molar-refractivity contribution in [3.05, 3.63) is 49.9 Å². The molecule has 1 heterocycles. The lowest BCUT2D eigenvalue weighted by atomic mass is 9.77. The maximum absolute atomic E-state index is 10.6. The van der Waals surface area contributed by atoms with Crippen LogP contribution in [0.1, 0.15) is 22.7 Å². The second-order valence-corrected chi connectivity index (χ2v) is 7.58. The molecule has 1 aliphatic heterocycles. The summed E-state index contributed by atoms with van der Waals surface area (Å²) in [7, 11) is 2.20. The number of hydrogen-bond donors (Lipinski definition) is 1. The highest BCUT2D eigenvalue weighted by Gasteiger charge is 2.35. The smallest absolute Gasteiger partial charge is 0.137 e. The number of halogens is 2. The van der Waals surface area contributed by atoms with E-state index in [1.807, 2.05) is 6.07 Å². The Balaban J connectivity index is 2.08. The molecule has 1 atom stereocenters. The van der Waals surface area contributed by atoms with Crippen molar-refractivity contribution in [3.63, 3.8) is 0 Å². The summed E-state index contributed by atoms with van der Waals surface area (Å²) in [6, 6.07) is 8.84. The van der Waals surface area contributed by atoms with Crippen molar-refractivity contribution in [2.45, 2.75) is 18.9 Å². The number of nitrogens with zero attached hydrogens (tertiary/aromatic N) is 1. The summed E-state index contributed by atoms with van der Waals surface area (Å²) in [6.45, 7) is 1.09. The van der Waals surface area contributed by atoms with Crippen LogP contribution in [0.5, 0.6) is 5.75 Å². The van der Waals surface area contributed by atoms with Crippen molar-refractivity contribution in [2.75, 3.05) is 13.6 Å². The van der Waals surface area contributed by atoms with Gasteiger partial charge in [0.25, 0.3) is 0 Å². The van der Waals surface area contributed by atoms with Crippen LogP contribution in [-0.4, -0.2) is 23.6 Å². The zero-order chi connectivity index (χ0) is 14.7. The second kappa shape index (κ2) is 4.83. The van der Waals surface area contributed by atoms with Gasteiger partial charge in [0.05, 0.1) is 4.47 Å². The van der Waals surface area contributed by atoms with Gasteiger partial charge >= 0.3 is 0 Å². The normalized spacial score (nSPS) is 20.0. The molecule has 1 N–H and O–H groups in total. The number of phenolic OH excluding ortho intramolecular Hbond substituents is 1. The zero-order valence-electron chi connectivity index (χ0n) is 11.7. The van der Waals surface area contributed by atoms with Crippen molar-refractivity contribution >= 4 is 31.9 Å². The summed E-state index contributed by atoms with van der Waals surface area (Å²) in [5.41, 5.74) is 6.21. The molecule has 2 nitrogen and oxygen atoms in total. The third-order valence-corrected chi connectivity index (χ3v) is 6.08. The quantitative estimate of drug-likeness (QED) is 0.684. The highest BCUT2D eigenvalue weighted by atomic mass is 79.9. The molecule has 21 heavy (non-hydrogen) atoms. The number of aromatic hydroxyl groups is 1. The Hall–Kier alpha value is -0.840. The van der Waals surface area contributed by atoms with Crippen LogP contribution in [0.25, 0.3) is 11.1 Å². The van der Waals surface area contributed by atoms with E-state index in [9.17, 15) is 5.11 Å². The second-order valence-electron chi connectivity index (χ2n) is 5.87. The van der Waals surface area contributed by atoms with Crippen LogP contribution in [0, 0.1) is 0 Å². The van der Waals surface area contributed by atoms with Gasteiger partial charge in [-0.3, -0.25) is 4.90 Å². The molecule has 108 valence electrons. The van der Waals surface area contributed by atoms with E-state index in [0.29, 0.717) is 11.8 Å². The van der Waals surface area contributed by atoms with Crippen molar-refractivity contribution in [3.8, 4) is 16.9 Å². The monoisotopic (exact) mass is 407 g/mol. The Labute approximate surface area is 141 Å². The van der Waals surface area contributed by atoms with Gasteiger partial charge in [-0.2, -0.15) is 0 Å². The molecule has 4 rings (SSSR count). The Morgan fingerprint density at radius 3 is 2.86 bits per heavy atom. The summed E-state index contributed by atoms with van der Waals surface area (Å²) in [5, 5.41) is 10.6. The molecule has 0 fully saturated rings. The van der Waals surface area contributed by atoms with Gasteiger partial charge in [-0.05, 0) is 64.1 Å². The van der Waals surface area contributed by atoms with E-state index in [0.717, 1.165) is 33.9 Å². The minimum absolute atomic E-state index is 0.355. The fourth-order valence-corrected chi connectivity index (χ4v) is 5.03. The average Bonchev–Trinajstić information content (AvgIpc) is 2.48. The van der Waals surface area contributed by atoms with Gasteiger partial charge in [0.15, 0.2) is 0 Å². The summed E-state index contributed by atoms with van der Waals surface area (Å²) in [5.74, 6) is 0.355. The van der Waals surface area contributed by atoms with E-state index in [2.05, 4.69) is 62.0 Å². The number of benzene rings is 2. The van der Waals surface area contributed by atoms with Gasteiger partial charge in [-0.1, -0.05) is 34.1 Å². The van der Waals surface area contributed by atoms with Gasteiger partial charge in [0.1, 0.15) is 5.75 Å². The predicted octanol–water partition coefficient (Wildman–Crippen LogP) is 4.67. The van der Waals surface area contributed by atoms with Crippen LogP contribution in [0.15, 0.2) is 33.2 Å². The third kappa shape index (κ3) is 1.92. The Bertz CT molecular complexity index is 757. The number of fused-ring (bicyclic) bond motifs is 2. The topological polar surface area (TPSA) is 23.5 Å². The summed E-state index contributed by atoms with van der Waals surface area (Å²) >= 11 is 7.14. The largest absolute Gasteiger partial charge is 0.506 e. The molecule has 0 amide bonds. The van der Waals surface area contributed by atoms with Gasteiger partial charge in [-0.15, -0.1) is 0 Å². The Morgan fingerprint density at radius 2 is 2.05 bits per heavy atom. The lowest BCUT2D eigenvalue weighted by Crippen LogP contribution is -2.35. The Kier molecular flexibility index (Phi) is 3.18. The van der Waals surface area contributed by atoms with E-state index in [-0.39, 0.29) is 0 Å². The molecule has 0 radical (unpaired) electrons. The Morgan fingerprint density at radius 1 is 1.24 bits per heavy atom. The maximum Gasteiger partial charge on any atom is 0.137 e. The van der Waals surface area contributed by atoms with Crippen LogP contribution in [0.2, 0.25) is 0 Å². The molecular formula is C17H15Br2NO. The van der Waals surface area contributed by atoms with Crippen LogP contribution in [-0.2, 0) is 12.8 Å². The first kappa shape index (κ1) is 13.8. The first-order chi connectivity index (χ1) is 10.1. The standard InChI is InChI=1S/C17H15Br2NO/c1-20-6-5-9-3-2-4-10-15(9)14(20)7-11-12(18)8-13(19)17(21)16(10)11/h2-4,8,14,21H,5-7H2,1H3/t14-/m1/s1. The first-order valence-electron chi connectivity index (χ1n) is 7.10. The highest BCUT2D eigenvalue weighted by molar-refractivity contribution is 9.11. The first-order valence-corrected chi connectivity index (χ1v) is 8.68. The van der Waals surface area contributed by atoms with Crippen molar-refractivity contribution in [2.24, 2.45) is 0 Å². The summed E-state index contributed by atoms with van der Waals surface area (Å²) in [4.78, 5) is 2.43. The maximum atomic E-state index is 10.6. The zero-order valence-corrected chi connectivity index (χ0v) is 14.8. The lowest BCUT2D eigenvalue weighted by molar-refractivity contribution is 0.228. The average molecular weight is 409 g/mol. The molecule has 4 heteroatoms. The number of hydrogen-bond acceptors (Lipinski definition) is 2. The van der Waals surface area contributed by atoms with Gasteiger partial charge in [0, 0.05) is 22.6 Å². The van der Waals surface area contributed by atoms with Crippen LogP contribution in [0.3, 0.4) is 0 Å². The van der Waals surface area contributed by atoms with Crippen LogP contribution >= 0.6 is 31.9 Å². The summed E-state index contributed by atoms with van der Waals surface area (Å²) < 4.78 is 1.81. The molecular weight excluding hydrogens is 394 g/mol. The van der Waals surface area contributed by atoms with Gasteiger partial charge in [0.2, 0.25) is 0 Å². The lowest BCUT2D eigenvalue weighted by Gasteiger charge is -2.40. The number of phenols is 1. The van der Waals surface area contributed by atoms with E-state index in [4.69, 9.17) is 0 Å². The molecule has 0 aromatic heterocycles. The van der Waals surface area contributed by atoms with Crippen molar-refractivity contribution < 1.29 is 5.11 Å². The van der Waals surface area contributed by atoms with E-state index < -0.39 is 0 Å². The predicted molar refractivity (Wildman–Crippen MR) is 91.7 cm³/mol. The third-order valence-electron chi connectivity index (χ3n) is 4.77. The van der Waals surface area contributed by atoms with Gasteiger partial charge < -0.3 is 5.11 Å². The summed E-state index contributed by atoms with van der Waals surface area (Å²) in [6.07, 6.45) is 2.03. The van der Waals surface area contributed by atoms with E-state index in [1.165, 1.54) is 22.3 Å². The SMILES string of the molecule is CN1CCc2cccc3c2[C@H]1Cc1c(Br)cc(Br)c(O)c1-3. The van der Waals surface area contributed by atoms with Crippen LogP contribution < -0.4 is 0 Å². The molecule has 1 aliphatic carbocycles. The van der Waals surface area contributed by atoms with Crippen LogP contribution in [0.4, 0.5) is 0 Å². The highest BCUT2D eigenvalue weighted by Crippen LogP contribution is 2.51. The number of rotatable bonds is 0. The molecule has 2 aliphatic rings. The molecule has 2 aromatic carbocycles. The minimum Gasteiger partial charge on any atom is -0.506 e. The fraction of sp³-hybridized carbons (Fsp3) is 0.294. The van der Waals surface area contributed by atoms with E-state index in [1.54, 1.807) is 0 Å².